The van der Waals surface area contributed by atoms with Crippen LogP contribution in [0.25, 0.3) is 0 Å². The second-order valence-corrected chi connectivity index (χ2v) is 3.13. The minimum atomic E-state index is 0.0648. The molecule has 0 saturated carbocycles. The molecule has 0 saturated heterocycles. The zero-order valence-electron chi connectivity index (χ0n) is 5.28. The summed E-state index contributed by atoms with van der Waals surface area (Å²) in [6.07, 6.45) is 1.56. The van der Waals surface area contributed by atoms with E-state index in [0.29, 0.717) is 0 Å². The van der Waals surface area contributed by atoms with Crippen molar-refractivity contribution in [2.24, 2.45) is 0 Å². The van der Waals surface area contributed by atoms with Crippen LogP contribution in [0.3, 0.4) is 0 Å². The van der Waals surface area contributed by atoms with Gasteiger partial charge in [-0.15, -0.1) is 0 Å². The van der Waals surface area contributed by atoms with E-state index in [0.717, 1.165) is 17.5 Å². The lowest BCUT2D eigenvalue weighted by atomic mass is 10.6. The summed E-state index contributed by atoms with van der Waals surface area (Å²) >= 11 is 1.63. The quantitative estimate of drug-likeness (QED) is 0.506. The summed E-state index contributed by atoms with van der Waals surface area (Å²) in [5.41, 5.74) is 0.0648. The standard InChI is InChI=1S/C6H6N2OS/c9-5-1-2-7-6-8(5)3-4-10-6/h1-2H,3-4H2. The van der Waals surface area contributed by atoms with Crippen LogP contribution in [-0.4, -0.2) is 15.3 Å². The summed E-state index contributed by atoms with van der Waals surface area (Å²) in [5, 5.41) is 0.854. The van der Waals surface area contributed by atoms with Gasteiger partial charge in [-0.2, -0.15) is 0 Å². The van der Waals surface area contributed by atoms with Crippen LogP contribution in [0.15, 0.2) is 22.2 Å². The molecule has 1 aromatic rings. The highest BCUT2D eigenvalue weighted by Crippen LogP contribution is 2.19. The maximum Gasteiger partial charge on any atom is 0.254 e. The number of fused-ring (bicyclic) bond motifs is 1. The van der Waals surface area contributed by atoms with Gasteiger partial charge in [0.25, 0.3) is 5.56 Å². The van der Waals surface area contributed by atoms with Crippen molar-refractivity contribution in [3.8, 4) is 0 Å². The van der Waals surface area contributed by atoms with E-state index in [2.05, 4.69) is 4.98 Å². The molecule has 0 unspecified atom stereocenters. The molecule has 0 bridgehead atoms. The maximum atomic E-state index is 11.0. The topological polar surface area (TPSA) is 34.9 Å². The van der Waals surface area contributed by atoms with Crippen LogP contribution in [0, 0.1) is 0 Å². The van der Waals surface area contributed by atoms with E-state index < -0.39 is 0 Å². The molecule has 52 valence electrons. The number of thioether (sulfide) groups is 1. The number of nitrogens with zero attached hydrogens (tertiary/aromatic N) is 2. The van der Waals surface area contributed by atoms with Crippen molar-refractivity contribution in [2.45, 2.75) is 11.7 Å². The van der Waals surface area contributed by atoms with Crippen molar-refractivity contribution in [3.63, 3.8) is 0 Å². The lowest BCUT2D eigenvalue weighted by Gasteiger charge is -1.95. The Kier molecular flexibility index (Phi) is 1.27. The van der Waals surface area contributed by atoms with Crippen molar-refractivity contribution in [1.82, 2.24) is 9.55 Å². The number of aromatic nitrogens is 2. The van der Waals surface area contributed by atoms with Crippen LogP contribution in [0.5, 0.6) is 0 Å². The van der Waals surface area contributed by atoms with Gasteiger partial charge in [0.15, 0.2) is 5.16 Å². The molecule has 0 spiro atoms. The molecule has 0 aromatic carbocycles. The molecular weight excluding hydrogens is 148 g/mol. The van der Waals surface area contributed by atoms with E-state index in [1.54, 1.807) is 22.5 Å². The monoisotopic (exact) mass is 154 g/mol. The maximum absolute atomic E-state index is 11.0. The lowest BCUT2D eigenvalue weighted by Crippen LogP contribution is -2.18. The van der Waals surface area contributed by atoms with Gasteiger partial charge in [-0.25, -0.2) is 4.98 Å². The smallest absolute Gasteiger partial charge is 0.254 e. The Morgan fingerprint density at radius 1 is 1.70 bits per heavy atom. The zero-order valence-corrected chi connectivity index (χ0v) is 6.10. The van der Waals surface area contributed by atoms with Gasteiger partial charge in [-0.3, -0.25) is 9.36 Å². The van der Waals surface area contributed by atoms with Crippen molar-refractivity contribution in [3.05, 3.63) is 22.6 Å². The van der Waals surface area contributed by atoms with Crippen molar-refractivity contribution >= 4 is 11.8 Å². The lowest BCUT2D eigenvalue weighted by molar-refractivity contribution is 0.655. The SMILES string of the molecule is O=c1ccnc2n1CCS2. The predicted octanol–water partition coefficient (Wildman–Crippen LogP) is 0.349. The van der Waals surface area contributed by atoms with Crippen LogP contribution in [0.4, 0.5) is 0 Å². The molecule has 0 aliphatic carbocycles. The Morgan fingerprint density at radius 3 is 3.40 bits per heavy atom. The molecule has 10 heavy (non-hydrogen) atoms. The molecule has 0 fully saturated rings. The molecule has 4 heteroatoms. The Morgan fingerprint density at radius 2 is 2.60 bits per heavy atom. The van der Waals surface area contributed by atoms with Gasteiger partial charge in [0, 0.05) is 24.6 Å². The van der Waals surface area contributed by atoms with E-state index in [9.17, 15) is 4.79 Å². The second kappa shape index (κ2) is 2.12. The Balaban J connectivity index is 2.70. The summed E-state index contributed by atoms with van der Waals surface area (Å²) in [4.78, 5) is 15.1. The first-order valence-corrected chi connectivity index (χ1v) is 4.05. The molecule has 2 rings (SSSR count). The van der Waals surface area contributed by atoms with Crippen molar-refractivity contribution < 1.29 is 0 Å². The Hall–Kier alpha value is -0.770. The average Bonchev–Trinajstić information content (AvgIpc) is 2.36. The highest BCUT2D eigenvalue weighted by atomic mass is 32.2. The van der Waals surface area contributed by atoms with Gasteiger partial charge in [-0.1, -0.05) is 11.8 Å². The van der Waals surface area contributed by atoms with Gasteiger partial charge in [-0.05, 0) is 0 Å². The fraction of sp³-hybridized carbons (Fsp3) is 0.333. The average molecular weight is 154 g/mol. The highest BCUT2D eigenvalue weighted by Gasteiger charge is 2.11. The Labute approximate surface area is 62.1 Å². The first-order chi connectivity index (χ1) is 4.88. The minimum absolute atomic E-state index is 0.0648. The largest absolute Gasteiger partial charge is 0.287 e. The fourth-order valence-corrected chi connectivity index (χ4v) is 1.90. The van der Waals surface area contributed by atoms with E-state index in [4.69, 9.17) is 0 Å². The van der Waals surface area contributed by atoms with Crippen molar-refractivity contribution in [2.75, 3.05) is 5.75 Å². The third-order valence-corrected chi connectivity index (χ3v) is 2.42. The molecule has 1 aliphatic heterocycles. The van der Waals surface area contributed by atoms with E-state index in [1.165, 1.54) is 6.07 Å². The minimum Gasteiger partial charge on any atom is -0.287 e. The molecule has 1 aromatic heterocycles. The van der Waals surface area contributed by atoms with Crippen LogP contribution in [0.1, 0.15) is 0 Å². The first kappa shape index (κ1) is 5.97. The van der Waals surface area contributed by atoms with Gasteiger partial charge in [0.1, 0.15) is 0 Å². The van der Waals surface area contributed by atoms with Gasteiger partial charge < -0.3 is 0 Å². The molecule has 0 N–H and O–H groups in total. The second-order valence-electron chi connectivity index (χ2n) is 2.07. The molecule has 0 atom stereocenters. The number of hydrogen-bond donors (Lipinski definition) is 0. The summed E-state index contributed by atoms with van der Waals surface area (Å²) < 4.78 is 1.70. The summed E-state index contributed by atoms with van der Waals surface area (Å²) in [6.45, 7) is 0.812. The molecule has 0 radical (unpaired) electrons. The Bertz CT molecular complexity index is 307. The third-order valence-electron chi connectivity index (χ3n) is 1.45. The first-order valence-electron chi connectivity index (χ1n) is 3.06. The van der Waals surface area contributed by atoms with Crippen LogP contribution in [-0.2, 0) is 6.54 Å². The normalized spacial score (nSPS) is 15.2. The summed E-state index contributed by atoms with van der Waals surface area (Å²) in [7, 11) is 0. The van der Waals surface area contributed by atoms with Crippen molar-refractivity contribution in [1.29, 1.82) is 0 Å². The fourth-order valence-electron chi connectivity index (χ4n) is 0.968. The summed E-state index contributed by atoms with van der Waals surface area (Å²) in [5.74, 6) is 0.978. The molecule has 1 aliphatic rings. The van der Waals surface area contributed by atoms with E-state index in [1.807, 2.05) is 0 Å². The van der Waals surface area contributed by atoms with Crippen LogP contribution < -0.4 is 5.56 Å². The zero-order chi connectivity index (χ0) is 6.97. The van der Waals surface area contributed by atoms with Crippen LogP contribution in [0.2, 0.25) is 0 Å². The molecule has 0 amide bonds. The summed E-state index contributed by atoms with van der Waals surface area (Å²) in [6, 6.07) is 1.50. The highest BCUT2D eigenvalue weighted by molar-refractivity contribution is 7.99. The predicted molar refractivity (Wildman–Crippen MR) is 39.2 cm³/mol. The molecular formula is C6H6N2OS. The number of rotatable bonds is 0. The van der Waals surface area contributed by atoms with Crippen LogP contribution >= 0.6 is 11.8 Å². The number of hydrogen-bond acceptors (Lipinski definition) is 3. The third kappa shape index (κ3) is 0.759. The molecule has 3 nitrogen and oxygen atoms in total. The molecule has 2 heterocycles. The van der Waals surface area contributed by atoms with E-state index >= 15 is 0 Å². The van der Waals surface area contributed by atoms with Gasteiger partial charge >= 0.3 is 0 Å². The van der Waals surface area contributed by atoms with Gasteiger partial charge in [0.2, 0.25) is 0 Å². The van der Waals surface area contributed by atoms with E-state index in [-0.39, 0.29) is 5.56 Å². The van der Waals surface area contributed by atoms with Gasteiger partial charge in [0.05, 0.1) is 0 Å².